The lowest BCUT2D eigenvalue weighted by atomic mass is 9.50. The Hall–Kier alpha value is -1.31. The fraction of sp³-hybridized carbons (Fsp3) is 0.759. The van der Waals surface area contributed by atoms with Crippen LogP contribution in [0, 0.1) is 34.5 Å². The van der Waals surface area contributed by atoms with Crippen molar-refractivity contribution in [1.82, 2.24) is 0 Å². The van der Waals surface area contributed by atoms with Crippen LogP contribution < -0.4 is 0 Å². The van der Waals surface area contributed by atoms with Gasteiger partial charge in [0.1, 0.15) is 6.10 Å². The van der Waals surface area contributed by atoms with Gasteiger partial charge in [0.05, 0.1) is 0 Å². The molecule has 0 aromatic carbocycles. The van der Waals surface area contributed by atoms with E-state index in [4.69, 9.17) is 4.74 Å². The van der Waals surface area contributed by atoms with Crippen molar-refractivity contribution in [3.63, 3.8) is 0 Å². The van der Waals surface area contributed by atoms with E-state index in [9.17, 15) is 4.79 Å². The molecule has 0 saturated heterocycles. The van der Waals surface area contributed by atoms with Crippen LogP contribution in [-0.4, -0.2) is 12.1 Å². The Morgan fingerprint density at radius 1 is 1.10 bits per heavy atom. The predicted octanol–water partition coefficient (Wildman–Crippen LogP) is 7.80. The maximum Gasteiger partial charge on any atom is 0.302 e. The van der Waals surface area contributed by atoms with Gasteiger partial charge in [0.15, 0.2) is 0 Å². The monoisotopic (exact) mass is 424 g/mol. The van der Waals surface area contributed by atoms with Crippen molar-refractivity contribution >= 4 is 5.97 Å². The van der Waals surface area contributed by atoms with Crippen molar-refractivity contribution < 1.29 is 9.53 Å². The Bertz CT molecular complexity index is 798. The maximum absolute atomic E-state index is 11.5. The van der Waals surface area contributed by atoms with Gasteiger partial charge in [-0.05, 0) is 99.7 Å². The van der Waals surface area contributed by atoms with Crippen molar-refractivity contribution in [2.75, 3.05) is 0 Å². The molecule has 2 heteroatoms. The summed E-state index contributed by atoms with van der Waals surface area (Å²) in [5, 5.41) is 0. The van der Waals surface area contributed by atoms with E-state index in [2.05, 4.69) is 52.8 Å². The summed E-state index contributed by atoms with van der Waals surface area (Å²) in [5.41, 5.74) is 5.50. The summed E-state index contributed by atoms with van der Waals surface area (Å²) in [6.45, 7) is 13.6. The molecule has 7 atom stereocenters. The first-order valence-corrected chi connectivity index (χ1v) is 12.9. The van der Waals surface area contributed by atoms with Crippen LogP contribution in [0.5, 0.6) is 0 Å². The van der Waals surface area contributed by atoms with Gasteiger partial charge in [0, 0.05) is 13.3 Å². The molecule has 2 nitrogen and oxygen atoms in total. The molecule has 3 saturated carbocycles. The summed E-state index contributed by atoms with van der Waals surface area (Å²) in [6, 6.07) is 0. The number of carbonyl (C=O) groups excluding carboxylic acids is 1. The summed E-state index contributed by atoms with van der Waals surface area (Å²) in [5.74, 6) is 3.01. The van der Waals surface area contributed by atoms with Gasteiger partial charge in [-0.1, -0.05) is 55.7 Å². The van der Waals surface area contributed by atoms with Gasteiger partial charge in [-0.3, -0.25) is 4.79 Å². The van der Waals surface area contributed by atoms with Crippen LogP contribution in [0.15, 0.2) is 34.9 Å². The lowest BCUT2D eigenvalue weighted by Gasteiger charge is -2.55. The fourth-order valence-corrected chi connectivity index (χ4v) is 8.12. The molecule has 4 aliphatic rings. The normalized spacial score (nSPS) is 39.9. The van der Waals surface area contributed by atoms with Crippen LogP contribution >= 0.6 is 0 Å². The first-order valence-electron chi connectivity index (χ1n) is 12.9. The number of fused-ring (bicyclic) bond motifs is 5. The van der Waals surface area contributed by atoms with Gasteiger partial charge in [-0.2, -0.15) is 0 Å². The first-order chi connectivity index (χ1) is 14.6. The van der Waals surface area contributed by atoms with Crippen LogP contribution in [0.2, 0.25) is 0 Å². The number of ether oxygens (including phenoxy) is 1. The highest BCUT2D eigenvalue weighted by Crippen LogP contribution is 2.66. The summed E-state index contributed by atoms with van der Waals surface area (Å²) in [4.78, 5) is 11.5. The lowest BCUT2D eigenvalue weighted by Crippen LogP contribution is -2.46. The zero-order chi connectivity index (χ0) is 22.4. The molecule has 31 heavy (non-hydrogen) atoms. The van der Waals surface area contributed by atoms with E-state index in [1.165, 1.54) is 49.7 Å². The molecule has 0 unspecified atom stereocenters. The molecule has 0 N–H and O–H groups in total. The van der Waals surface area contributed by atoms with Gasteiger partial charge in [0.2, 0.25) is 0 Å². The average Bonchev–Trinajstić information content (AvgIpc) is 3.05. The Morgan fingerprint density at radius 2 is 1.87 bits per heavy atom. The van der Waals surface area contributed by atoms with E-state index in [1.54, 1.807) is 12.5 Å². The van der Waals surface area contributed by atoms with Crippen molar-refractivity contribution in [2.24, 2.45) is 34.5 Å². The number of allylic oxidation sites excluding steroid dienone is 5. The summed E-state index contributed by atoms with van der Waals surface area (Å²) in [7, 11) is 0. The van der Waals surface area contributed by atoms with E-state index in [0.29, 0.717) is 11.3 Å². The smallest absolute Gasteiger partial charge is 0.302 e. The van der Waals surface area contributed by atoms with Crippen molar-refractivity contribution in [1.29, 1.82) is 0 Å². The fourth-order valence-electron chi connectivity index (χ4n) is 8.12. The second-order valence-corrected chi connectivity index (χ2v) is 11.9. The minimum atomic E-state index is -0.134. The third kappa shape index (κ3) is 4.09. The zero-order valence-electron chi connectivity index (χ0n) is 20.8. The highest BCUT2D eigenvalue weighted by atomic mass is 16.5. The molecular weight excluding hydrogens is 380 g/mol. The van der Waals surface area contributed by atoms with Crippen LogP contribution in [0.4, 0.5) is 0 Å². The Balaban J connectivity index is 1.53. The van der Waals surface area contributed by atoms with Gasteiger partial charge in [-0.25, -0.2) is 0 Å². The van der Waals surface area contributed by atoms with Crippen LogP contribution in [0.25, 0.3) is 0 Å². The molecule has 0 aliphatic heterocycles. The summed E-state index contributed by atoms with van der Waals surface area (Å²) >= 11 is 0. The van der Waals surface area contributed by atoms with E-state index in [1.807, 2.05) is 0 Å². The topological polar surface area (TPSA) is 26.3 Å². The molecule has 3 fully saturated rings. The minimum Gasteiger partial charge on any atom is -0.462 e. The SMILES string of the molecule is CC(=O)O[C@H]1CC[C@@]2(C)C(=CC=C3[C@H]4CC[C@H]([C@H](C)CCC=C(C)C)[C@@]4(C)CC[C@H]32)C1. The lowest BCUT2D eigenvalue weighted by molar-refractivity contribution is -0.148. The van der Waals surface area contributed by atoms with Crippen LogP contribution in [0.3, 0.4) is 0 Å². The van der Waals surface area contributed by atoms with Gasteiger partial charge < -0.3 is 4.74 Å². The second-order valence-electron chi connectivity index (χ2n) is 11.9. The Labute approximate surface area is 190 Å². The Kier molecular flexibility index (Phi) is 6.32. The van der Waals surface area contributed by atoms with Crippen LogP contribution in [-0.2, 0) is 9.53 Å². The molecule has 0 heterocycles. The third-order valence-corrected chi connectivity index (χ3v) is 9.79. The summed E-state index contributed by atoms with van der Waals surface area (Å²) in [6.07, 6.45) is 18.6. The molecule has 4 aliphatic carbocycles. The van der Waals surface area contributed by atoms with Gasteiger partial charge in [0.25, 0.3) is 0 Å². The number of carbonyl (C=O) groups is 1. The molecule has 0 spiro atoms. The number of esters is 1. The molecule has 0 radical (unpaired) electrons. The van der Waals surface area contributed by atoms with Gasteiger partial charge in [-0.15, -0.1) is 0 Å². The second kappa shape index (κ2) is 8.56. The van der Waals surface area contributed by atoms with Crippen molar-refractivity contribution in [3.05, 3.63) is 34.9 Å². The Morgan fingerprint density at radius 3 is 2.58 bits per heavy atom. The highest BCUT2D eigenvalue weighted by molar-refractivity contribution is 5.66. The van der Waals surface area contributed by atoms with Crippen molar-refractivity contribution in [3.8, 4) is 0 Å². The highest BCUT2D eigenvalue weighted by Gasteiger charge is 2.57. The van der Waals surface area contributed by atoms with E-state index >= 15 is 0 Å². The average molecular weight is 425 g/mol. The maximum atomic E-state index is 11.5. The number of hydrogen-bond donors (Lipinski definition) is 0. The largest absolute Gasteiger partial charge is 0.462 e. The molecule has 0 aromatic rings. The minimum absolute atomic E-state index is 0.0816. The first kappa shape index (κ1) is 22.9. The summed E-state index contributed by atoms with van der Waals surface area (Å²) < 4.78 is 5.59. The standard InChI is InChI=1S/C29H44O2/c1-19(2)8-7-9-20(3)25-12-13-26-24-11-10-22-18-23(31-21(4)30)14-16-28(22,5)27(24)15-17-29(25,26)6/h8,10-11,20,23,25-27H,7,9,12-18H2,1-6H3/t20-,23+,25-,26-,27-,28+,29-/m1/s1. The third-order valence-electron chi connectivity index (χ3n) is 9.79. The van der Waals surface area contributed by atoms with Crippen LogP contribution in [0.1, 0.15) is 99.3 Å². The zero-order valence-corrected chi connectivity index (χ0v) is 20.8. The molecule has 172 valence electrons. The molecule has 0 aromatic heterocycles. The molecule has 4 rings (SSSR count). The predicted molar refractivity (Wildman–Crippen MR) is 129 cm³/mol. The van der Waals surface area contributed by atoms with Crippen molar-refractivity contribution in [2.45, 2.75) is 105 Å². The number of rotatable bonds is 5. The van der Waals surface area contributed by atoms with E-state index in [0.717, 1.165) is 37.0 Å². The van der Waals surface area contributed by atoms with E-state index in [-0.39, 0.29) is 17.5 Å². The molecular formula is C29H44O2. The quantitative estimate of drug-likeness (QED) is 0.332. The van der Waals surface area contributed by atoms with Gasteiger partial charge >= 0.3 is 5.97 Å². The molecule has 0 amide bonds. The number of hydrogen-bond acceptors (Lipinski definition) is 2. The molecule has 0 bridgehead atoms. The van der Waals surface area contributed by atoms with E-state index < -0.39 is 0 Å².